The standard InChI is InChI=1S/C2H5O3S.H3N/c1-2-5-6(3)4;/h2,6H,1H3;1H3. The molecule has 0 aliphatic rings. The Morgan fingerprint density at radius 1 is 1.57 bits per heavy atom. The minimum Gasteiger partial charge on any atom is -0.344 e. The van der Waals surface area contributed by atoms with Gasteiger partial charge in [-0.15, -0.1) is 0 Å². The first-order valence-electron chi connectivity index (χ1n) is 1.36. The zero-order valence-electron chi connectivity index (χ0n) is 3.96. The Morgan fingerprint density at radius 2 is 2.00 bits per heavy atom. The molecule has 0 rings (SSSR count). The number of hydrogen-bond donors (Lipinski definition) is 2. The van der Waals surface area contributed by atoms with Crippen LogP contribution in [0.3, 0.4) is 0 Å². The summed E-state index contributed by atoms with van der Waals surface area (Å²) in [5.41, 5.74) is 0. The molecule has 0 amide bonds. The van der Waals surface area contributed by atoms with E-state index < -0.39 is 11.0 Å². The van der Waals surface area contributed by atoms with Gasteiger partial charge in [0.2, 0.25) is 0 Å². The molecule has 0 fully saturated rings. The molecule has 0 aliphatic carbocycles. The van der Waals surface area contributed by atoms with Crippen LogP contribution in [-0.2, 0) is 15.2 Å². The van der Waals surface area contributed by atoms with Crippen LogP contribution in [0.1, 0.15) is 6.92 Å². The van der Waals surface area contributed by atoms with E-state index in [0.29, 0.717) is 0 Å². The predicted molar refractivity (Wildman–Crippen MR) is 26.4 cm³/mol. The van der Waals surface area contributed by atoms with Gasteiger partial charge in [-0.25, -0.2) is 8.42 Å². The first kappa shape index (κ1) is 9.98. The SMILES string of the molecule is C[CH]O[SH](=O)=O.N. The van der Waals surface area contributed by atoms with Gasteiger partial charge >= 0.3 is 0 Å². The molecule has 0 spiro atoms. The highest BCUT2D eigenvalue weighted by molar-refractivity contribution is 7.67. The van der Waals surface area contributed by atoms with Gasteiger partial charge in [0.1, 0.15) is 6.61 Å². The van der Waals surface area contributed by atoms with E-state index >= 15 is 0 Å². The van der Waals surface area contributed by atoms with Crippen molar-refractivity contribution in [2.24, 2.45) is 0 Å². The highest BCUT2D eigenvalue weighted by Gasteiger charge is 1.73. The van der Waals surface area contributed by atoms with Crippen LogP contribution in [0.25, 0.3) is 0 Å². The molecule has 0 aromatic heterocycles. The van der Waals surface area contributed by atoms with Crippen molar-refractivity contribution in [1.29, 1.82) is 0 Å². The van der Waals surface area contributed by atoms with Crippen molar-refractivity contribution in [2.45, 2.75) is 6.92 Å². The Morgan fingerprint density at radius 3 is 2.00 bits per heavy atom. The van der Waals surface area contributed by atoms with Gasteiger partial charge in [0.25, 0.3) is 11.0 Å². The summed E-state index contributed by atoms with van der Waals surface area (Å²) in [7, 11) is -2.66. The van der Waals surface area contributed by atoms with Crippen LogP contribution in [-0.4, -0.2) is 8.42 Å². The summed E-state index contributed by atoms with van der Waals surface area (Å²) in [5.74, 6) is 0. The van der Waals surface area contributed by atoms with E-state index in [9.17, 15) is 8.42 Å². The monoisotopic (exact) mass is 126 g/mol. The van der Waals surface area contributed by atoms with E-state index in [2.05, 4.69) is 4.18 Å². The van der Waals surface area contributed by atoms with Crippen molar-refractivity contribution in [3.8, 4) is 0 Å². The molecule has 0 unspecified atom stereocenters. The molecule has 0 heterocycles. The van der Waals surface area contributed by atoms with Crippen molar-refractivity contribution < 1.29 is 12.6 Å². The maximum atomic E-state index is 9.38. The molecule has 7 heavy (non-hydrogen) atoms. The van der Waals surface area contributed by atoms with Crippen LogP contribution in [0, 0.1) is 6.61 Å². The summed E-state index contributed by atoms with van der Waals surface area (Å²) in [6.45, 7) is 2.59. The number of hydrogen-bond acceptors (Lipinski definition) is 4. The van der Waals surface area contributed by atoms with Gasteiger partial charge in [0.15, 0.2) is 0 Å². The molecule has 0 saturated carbocycles. The summed E-state index contributed by atoms with van der Waals surface area (Å²) < 4.78 is 22.6. The minimum atomic E-state index is -2.66. The van der Waals surface area contributed by atoms with E-state index in [1.165, 1.54) is 6.92 Å². The lowest BCUT2D eigenvalue weighted by atomic mass is 10.9. The number of rotatable bonds is 2. The Bertz CT molecular complexity index is 80.9. The number of thiol groups is 1. The van der Waals surface area contributed by atoms with E-state index in [0.717, 1.165) is 6.61 Å². The third-order valence-electron chi connectivity index (χ3n) is 0.191. The zero-order chi connectivity index (χ0) is 4.99. The van der Waals surface area contributed by atoms with Crippen LogP contribution in [0.4, 0.5) is 0 Å². The molecule has 0 atom stereocenters. The second kappa shape index (κ2) is 5.87. The molecule has 3 N–H and O–H groups in total. The Balaban J connectivity index is 0. The van der Waals surface area contributed by atoms with Crippen molar-refractivity contribution in [3.63, 3.8) is 0 Å². The van der Waals surface area contributed by atoms with Gasteiger partial charge in [-0.05, 0) is 6.92 Å². The van der Waals surface area contributed by atoms with Crippen molar-refractivity contribution in [2.75, 3.05) is 0 Å². The van der Waals surface area contributed by atoms with Crippen LogP contribution in [0.5, 0.6) is 0 Å². The van der Waals surface area contributed by atoms with Gasteiger partial charge < -0.3 is 6.15 Å². The quantitative estimate of drug-likeness (QED) is 0.505. The Kier molecular flexibility index (Phi) is 8.37. The van der Waals surface area contributed by atoms with E-state index in [1.54, 1.807) is 0 Å². The van der Waals surface area contributed by atoms with Gasteiger partial charge in [-0.2, -0.15) is 0 Å². The van der Waals surface area contributed by atoms with Crippen molar-refractivity contribution >= 4 is 11.0 Å². The molecule has 1 radical (unpaired) electrons. The molecule has 4 nitrogen and oxygen atoms in total. The van der Waals surface area contributed by atoms with E-state index in [1.807, 2.05) is 0 Å². The first-order valence-corrected chi connectivity index (χ1v) is 2.46. The zero-order valence-corrected chi connectivity index (χ0v) is 4.85. The lowest BCUT2D eigenvalue weighted by molar-refractivity contribution is 0.420. The van der Waals surface area contributed by atoms with Gasteiger partial charge in [-0.3, -0.25) is 4.18 Å². The molecule has 0 bridgehead atoms. The Hall–Kier alpha value is -0.130. The fraction of sp³-hybridized carbons (Fsp3) is 0.500. The predicted octanol–water partition coefficient (Wildman–Crippen LogP) is -0.127. The molecule has 0 aromatic rings. The molecular weight excluding hydrogens is 118 g/mol. The summed E-state index contributed by atoms with van der Waals surface area (Å²) >= 11 is 0. The fourth-order valence-electron chi connectivity index (χ4n) is 0.0861. The summed E-state index contributed by atoms with van der Waals surface area (Å²) in [4.78, 5) is 0. The molecule has 5 heteroatoms. The molecule has 0 saturated heterocycles. The maximum Gasteiger partial charge on any atom is 0.257 e. The van der Waals surface area contributed by atoms with E-state index in [-0.39, 0.29) is 6.15 Å². The van der Waals surface area contributed by atoms with Crippen LogP contribution in [0.2, 0.25) is 0 Å². The summed E-state index contributed by atoms with van der Waals surface area (Å²) in [5, 5.41) is 0. The third-order valence-corrected chi connectivity index (χ3v) is 0.574. The summed E-state index contributed by atoms with van der Waals surface area (Å²) in [6.07, 6.45) is 0. The highest BCUT2D eigenvalue weighted by atomic mass is 32.2. The van der Waals surface area contributed by atoms with E-state index in [4.69, 9.17) is 0 Å². The summed E-state index contributed by atoms with van der Waals surface area (Å²) in [6, 6.07) is 0. The second-order valence-corrected chi connectivity index (χ2v) is 1.22. The van der Waals surface area contributed by atoms with Crippen molar-refractivity contribution in [3.05, 3.63) is 6.61 Å². The largest absolute Gasteiger partial charge is 0.344 e. The highest BCUT2D eigenvalue weighted by Crippen LogP contribution is 1.73. The lowest BCUT2D eigenvalue weighted by Crippen LogP contribution is -1.76. The van der Waals surface area contributed by atoms with Gasteiger partial charge in [0, 0.05) is 0 Å². The van der Waals surface area contributed by atoms with Crippen LogP contribution >= 0.6 is 0 Å². The second-order valence-electron chi connectivity index (χ2n) is 0.565. The maximum absolute atomic E-state index is 9.38. The van der Waals surface area contributed by atoms with Crippen LogP contribution < -0.4 is 6.15 Å². The minimum absolute atomic E-state index is 0. The molecular formula is C2H8NO3S. The van der Waals surface area contributed by atoms with Crippen LogP contribution in [0.15, 0.2) is 0 Å². The smallest absolute Gasteiger partial charge is 0.257 e. The Labute approximate surface area is 44.2 Å². The third kappa shape index (κ3) is 10.7. The molecule has 0 aliphatic heterocycles. The topological polar surface area (TPSA) is 78.4 Å². The molecule has 45 valence electrons. The van der Waals surface area contributed by atoms with Gasteiger partial charge in [-0.1, -0.05) is 0 Å². The lowest BCUT2D eigenvalue weighted by Gasteiger charge is -1.76. The van der Waals surface area contributed by atoms with Gasteiger partial charge in [0.05, 0.1) is 0 Å². The average molecular weight is 126 g/mol. The first-order chi connectivity index (χ1) is 2.77. The normalized spacial score (nSPS) is 8.29. The molecule has 0 aromatic carbocycles. The van der Waals surface area contributed by atoms with Crippen molar-refractivity contribution in [1.82, 2.24) is 6.15 Å². The fourth-order valence-corrected chi connectivity index (χ4v) is 0.258. The average Bonchev–Trinajstić information content (AvgIpc) is 1.35.